The molecule has 9 heteroatoms. The molecule has 3 rings (SSSR count). The molecule has 0 saturated carbocycles. The lowest BCUT2D eigenvalue weighted by Crippen LogP contribution is -2.54. The predicted molar refractivity (Wildman–Crippen MR) is 94.5 cm³/mol. The molecule has 144 valence electrons. The molecule has 1 N–H and O–H groups in total. The third kappa shape index (κ3) is 3.77. The summed E-state index contributed by atoms with van der Waals surface area (Å²) in [6.45, 7) is 3.82. The highest BCUT2D eigenvalue weighted by Gasteiger charge is 2.43. The molecule has 0 aliphatic carbocycles. The number of hydrogen-bond donors (Lipinski definition) is 1. The molecule has 9 nitrogen and oxygen atoms in total. The van der Waals surface area contributed by atoms with Gasteiger partial charge in [0.05, 0.1) is 30.3 Å². The lowest BCUT2D eigenvalue weighted by Gasteiger charge is -2.36. The van der Waals surface area contributed by atoms with E-state index < -0.39 is 12.0 Å². The van der Waals surface area contributed by atoms with Crippen molar-refractivity contribution in [2.45, 2.75) is 19.4 Å². The Hall–Kier alpha value is -2.94. The normalized spacial score (nSPS) is 20.9. The van der Waals surface area contributed by atoms with Gasteiger partial charge in [-0.3, -0.25) is 14.5 Å². The Morgan fingerprint density at radius 2 is 1.89 bits per heavy atom. The van der Waals surface area contributed by atoms with Gasteiger partial charge in [0, 0.05) is 26.2 Å². The fraction of sp³-hybridized carbons (Fsp3) is 0.444. The zero-order valence-corrected chi connectivity index (χ0v) is 15.0. The van der Waals surface area contributed by atoms with Crippen molar-refractivity contribution in [2.24, 2.45) is 0 Å². The lowest BCUT2D eigenvalue weighted by atomic mass is 10.1. The maximum atomic E-state index is 12.8. The molecule has 0 aromatic heterocycles. The molecule has 0 radical (unpaired) electrons. The van der Waals surface area contributed by atoms with Crippen LogP contribution in [0.1, 0.15) is 23.7 Å². The molecule has 2 aliphatic heterocycles. The molecule has 1 aromatic carbocycles. The summed E-state index contributed by atoms with van der Waals surface area (Å²) >= 11 is 0. The van der Waals surface area contributed by atoms with Crippen molar-refractivity contribution >= 4 is 29.6 Å². The van der Waals surface area contributed by atoms with Crippen LogP contribution in [0.5, 0.6) is 0 Å². The summed E-state index contributed by atoms with van der Waals surface area (Å²) in [5.41, 5.74) is 0.275. The number of aromatic carboxylic acids is 1. The highest BCUT2D eigenvalue weighted by Crippen LogP contribution is 2.27. The van der Waals surface area contributed by atoms with Gasteiger partial charge in [-0.05, 0) is 25.1 Å². The van der Waals surface area contributed by atoms with Crippen LogP contribution >= 0.6 is 0 Å². The van der Waals surface area contributed by atoms with Gasteiger partial charge in [-0.15, -0.1) is 0 Å². The second kappa shape index (κ2) is 7.75. The Bertz CT molecular complexity index is 772. The first-order chi connectivity index (χ1) is 12.9. The van der Waals surface area contributed by atoms with Crippen LogP contribution in [0, 0.1) is 0 Å². The number of rotatable bonds is 4. The lowest BCUT2D eigenvalue weighted by molar-refractivity contribution is -0.123. The predicted octanol–water partition coefficient (Wildman–Crippen LogP) is 0.791. The number of benzene rings is 1. The molecule has 0 bridgehead atoms. The van der Waals surface area contributed by atoms with Crippen molar-refractivity contribution in [1.29, 1.82) is 0 Å². The van der Waals surface area contributed by atoms with Crippen molar-refractivity contribution in [1.82, 2.24) is 9.80 Å². The molecule has 27 heavy (non-hydrogen) atoms. The largest absolute Gasteiger partial charge is 0.478 e. The van der Waals surface area contributed by atoms with Crippen molar-refractivity contribution in [2.75, 3.05) is 37.7 Å². The third-order valence-corrected chi connectivity index (χ3v) is 4.76. The maximum Gasteiger partial charge on any atom is 0.409 e. The average molecular weight is 375 g/mol. The minimum absolute atomic E-state index is 0.0135. The van der Waals surface area contributed by atoms with Gasteiger partial charge in [-0.1, -0.05) is 6.07 Å². The molecule has 0 unspecified atom stereocenters. The third-order valence-electron chi connectivity index (χ3n) is 4.76. The molecular formula is C18H21N3O6. The number of carbonyl (C=O) groups excluding carboxylic acids is 3. The molecule has 2 heterocycles. The van der Waals surface area contributed by atoms with E-state index >= 15 is 0 Å². The fourth-order valence-corrected chi connectivity index (χ4v) is 3.38. The highest BCUT2D eigenvalue weighted by molar-refractivity contribution is 6.22. The number of carboxylic acids is 1. The van der Waals surface area contributed by atoms with Crippen LogP contribution in [0.2, 0.25) is 0 Å². The van der Waals surface area contributed by atoms with E-state index in [0.29, 0.717) is 32.8 Å². The Balaban J connectivity index is 1.69. The van der Waals surface area contributed by atoms with Crippen molar-refractivity contribution in [3.63, 3.8) is 0 Å². The standard InChI is InChI=1S/C18H21N3O6/c1-2-27-18(26)20-8-6-19(7-9-20)14-11-15(22)21(16(14)23)13-5-3-4-12(10-13)17(24)25/h3-5,10,14H,2,6-9,11H2,1H3,(H,24,25)/t14-/m0/s1. The highest BCUT2D eigenvalue weighted by atomic mass is 16.6. The number of carbonyl (C=O) groups is 4. The van der Waals surface area contributed by atoms with Crippen LogP contribution in [0.4, 0.5) is 10.5 Å². The molecule has 0 spiro atoms. The van der Waals surface area contributed by atoms with E-state index in [1.165, 1.54) is 18.2 Å². The summed E-state index contributed by atoms with van der Waals surface area (Å²) in [5.74, 6) is -1.85. The Kier molecular flexibility index (Phi) is 5.41. The first kappa shape index (κ1) is 18.8. The number of carboxylic acid groups (broad SMARTS) is 1. The first-order valence-electron chi connectivity index (χ1n) is 8.78. The van der Waals surface area contributed by atoms with E-state index in [-0.39, 0.29) is 35.6 Å². The fourth-order valence-electron chi connectivity index (χ4n) is 3.38. The summed E-state index contributed by atoms with van der Waals surface area (Å²) in [5, 5.41) is 9.11. The quantitative estimate of drug-likeness (QED) is 0.775. The van der Waals surface area contributed by atoms with Gasteiger partial charge < -0.3 is 14.7 Å². The summed E-state index contributed by atoms with van der Waals surface area (Å²) in [4.78, 5) is 52.7. The van der Waals surface area contributed by atoms with Crippen LogP contribution in [-0.2, 0) is 14.3 Å². The van der Waals surface area contributed by atoms with Gasteiger partial charge in [0.2, 0.25) is 5.91 Å². The Morgan fingerprint density at radius 1 is 1.19 bits per heavy atom. The van der Waals surface area contributed by atoms with Gasteiger partial charge in [0.25, 0.3) is 5.91 Å². The van der Waals surface area contributed by atoms with Crippen molar-refractivity contribution < 1.29 is 29.0 Å². The van der Waals surface area contributed by atoms with Crippen LogP contribution < -0.4 is 4.90 Å². The smallest absolute Gasteiger partial charge is 0.409 e. The summed E-state index contributed by atoms with van der Waals surface area (Å²) in [6, 6.07) is 5.17. The van der Waals surface area contributed by atoms with Crippen LogP contribution in [0.25, 0.3) is 0 Å². The van der Waals surface area contributed by atoms with E-state index in [4.69, 9.17) is 9.84 Å². The van der Waals surface area contributed by atoms with Crippen LogP contribution in [0.3, 0.4) is 0 Å². The molecule has 1 atom stereocenters. The summed E-state index contributed by atoms with van der Waals surface area (Å²) in [6.07, 6.45) is -0.340. The van der Waals surface area contributed by atoms with E-state index in [0.717, 1.165) is 4.90 Å². The van der Waals surface area contributed by atoms with E-state index in [9.17, 15) is 19.2 Å². The topological polar surface area (TPSA) is 107 Å². The molecule has 3 amide bonds. The monoisotopic (exact) mass is 375 g/mol. The van der Waals surface area contributed by atoms with Crippen molar-refractivity contribution in [3.05, 3.63) is 29.8 Å². The Labute approximate surface area is 156 Å². The summed E-state index contributed by atoms with van der Waals surface area (Å²) < 4.78 is 4.98. The van der Waals surface area contributed by atoms with E-state index in [1.807, 2.05) is 4.90 Å². The second-order valence-electron chi connectivity index (χ2n) is 6.36. The number of piperazine rings is 1. The summed E-state index contributed by atoms with van der Waals surface area (Å²) in [7, 11) is 0. The van der Waals surface area contributed by atoms with Crippen molar-refractivity contribution in [3.8, 4) is 0 Å². The van der Waals surface area contributed by atoms with Gasteiger partial charge in [0.15, 0.2) is 0 Å². The van der Waals surface area contributed by atoms with E-state index in [2.05, 4.69) is 0 Å². The maximum absolute atomic E-state index is 12.8. The van der Waals surface area contributed by atoms with Crippen LogP contribution in [0.15, 0.2) is 24.3 Å². The van der Waals surface area contributed by atoms with Gasteiger partial charge >= 0.3 is 12.1 Å². The number of amides is 3. The molecule has 2 fully saturated rings. The second-order valence-corrected chi connectivity index (χ2v) is 6.36. The van der Waals surface area contributed by atoms with Crippen LogP contribution in [-0.4, -0.2) is 77.6 Å². The number of imide groups is 1. The number of anilines is 1. The number of hydrogen-bond acceptors (Lipinski definition) is 6. The molecular weight excluding hydrogens is 354 g/mol. The molecule has 1 aromatic rings. The zero-order chi connectivity index (χ0) is 19.6. The van der Waals surface area contributed by atoms with Gasteiger partial charge in [-0.2, -0.15) is 0 Å². The first-order valence-corrected chi connectivity index (χ1v) is 8.78. The molecule has 2 saturated heterocycles. The SMILES string of the molecule is CCOC(=O)N1CCN([C@H]2CC(=O)N(c3cccc(C(=O)O)c3)C2=O)CC1. The van der Waals surface area contributed by atoms with E-state index in [1.54, 1.807) is 17.9 Å². The Morgan fingerprint density at radius 3 is 2.52 bits per heavy atom. The van der Waals surface area contributed by atoms with Gasteiger partial charge in [0.1, 0.15) is 0 Å². The van der Waals surface area contributed by atoms with Gasteiger partial charge in [-0.25, -0.2) is 14.5 Å². The number of nitrogens with zero attached hydrogens (tertiary/aromatic N) is 3. The molecule has 2 aliphatic rings. The average Bonchev–Trinajstić information content (AvgIpc) is 2.96. The minimum Gasteiger partial charge on any atom is -0.478 e. The number of ether oxygens (including phenoxy) is 1. The zero-order valence-electron chi connectivity index (χ0n) is 15.0. The minimum atomic E-state index is -1.12.